The van der Waals surface area contributed by atoms with Gasteiger partial charge in [0.1, 0.15) is 0 Å². The molecule has 6 nitrogen and oxygen atoms in total. The lowest BCUT2D eigenvalue weighted by Crippen LogP contribution is -2.39. The fraction of sp³-hybridized carbons (Fsp3) is 0.632. The summed E-state index contributed by atoms with van der Waals surface area (Å²) in [4.78, 5) is 4.72. The van der Waals surface area contributed by atoms with Crippen molar-refractivity contribution in [3.63, 3.8) is 0 Å². The number of guanidine groups is 1. The average molecular weight is 348 g/mol. The summed E-state index contributed by atoms with van der Waals surface area (Å²) in [5, 5.41) is 19.4. The second-order valence-corrected chi connectivity index (χ2v) is 6.54. The highest BCUT2D eigenvalue weighted by Gasteiger charge is 2.34. The van der Waals surface area contributed by atoms with E-state index in [0.717, 1.165) is 57.2 Å². The Labute approximate surface area is 151 Å². The van der Waals surface area contributed by atoms with E-state index in [9.17, 15) is 5.11 Å². The van der Waals surface area contributed by atoms with Gasteiger partial charge in [-0.25, -0.2) is 0 Å². The zero-order chi connectivity index (χ0) is 17.8. The number of benzene rings is 1. The van der Waals surface area contributed by atoms with E-state index in [1.165, 1.54) is 0 Å². The number of para-hydroxylation sites is 1. The molecule has 1 fully saturated rings. The van der Waals surface area contributed by atoms with Crippen LogP contribution >= 0.6 is 0 Å². The summed E-state index contributed by atoms with van der Waals surface area (Å²) in [6.45, 7) is 7.00. The van der Waals surface area contributed by atoms with Crippen LogP contribution in [0.3, 0.4) is 0 Å². The number of rotatable bonds is 10. The first-order valence-corrected chi connectivity index (χ1v) is 9.28. The van der Waals surface area contributed by atoms with Gasteiger partial charge in [0.15, 0.2) is 5.96 Å². The van der Waals surface area contributed by atoms with Crippen LogP contribution in [0, 0.1) is 5.41 Å². The summed E-state index contributed by atoms with van der Waals surface area (Å²) >= 11 is 0. The van der Waals surface area contributed by atoms with Gasteiger partial charge in [-0.2, -0.15) is 0 Å². The molecular weight excluding hydrogens is 316 g/mol. The number of nitrogens with one attached hydrogen (secondary N) is 3. The van der Waals surface area contributed by atoms with E-state index in [4.69, 9.17) is 9.73 Å². The molecule has 4 N–H and O–H groups in total. The maximum atomic E-state index is 9.31. The van der Waals surface area contributed by atoms with Crippen LogP contribution in [0.1, 0.15) is 26.2 Å². The van der Waals surface area contributed by atoms with Gasteiger partial charge >= 0.3 is 0 Å². The smallest absolute Gasteiger partial charge is 0.191 e. The normalized spacial score (nSPS) is 20.5. The Kier molecular flexibility index (Phi) is 8.55. The molecule has 1 aliphatic rings. The van der Waals surface area contributed by atoms with Crippen molar-refractivity contribution in [2.75, 3.05) is 51.3 Å². The molecule has 6 heteroatoms. The van der Waals surface area contributed by atoms with Crippen LogP contribution < -0.4 is 16.0 Å². The number of aliphatic hydroxyl groups excluding tert-OH is 1. The first-order valence-electron chi connectivity index (χ1n) is 9.28. The van der Waals surface area contributed by atoms with Crippen LogP contribution in [-0.4, -0.2) is 57.1 Å². The summed E-state index contributed by atoms with van der Waals surface area (Å²) in [6, 6.07) is 10.2. The first-order chi connectivity index (χ1) is 12.3. The van der Waals surface area contributed by atoms with Crippen LogP contribution in [-0.2, 0) is 4.74 Å². The summed E-state index contributed by atoms with van der Waals surface area (Å²) in [5.41, 5.74) is 1.14. The molecule has 1 saturated heterocycles. The molecule has 1 atom stereocenters. The Balaban J connectivity index is 1.73. The Morgan fingerprint density at radius 1 is 1.24 bits per heavy atom. The third kappa shape index (κ3) is 6.92. The average Bonchev–Trinajstić information content (AvgIpc) is 3.09. The van der Waals surface area contributed by atoms with Crippen molar-refractivity contribution in [1.82, 2.24) is 10.6 Å². The zero-order valence-electron chi connectivity index (χ0n) is 15.3. The fourth-order valence-electron chi connectivity index (χ4n) is 2.96. The molecular formula is C19H32N4O2. The van der Waals surface area contributed by atoms with Gasteiger partial charge < -0.3 is 25.8 Å². The minimum Gasteiger partial charge on any atom is -0.396 e. The van der Waals surface area contributed by atoms with Gasteiger partial charge in [-0.3, -0.25) is 4.99 Å². The van der Waals surface area contributed by atoms with Gasteiger partial charge in [0, 0.05) is 44.0 Å². The second-order valence-electron chi connectivity index (χ2n) is 6.54. The van der Waals surface area contributed by atoms with E-state index in [2.05, 4.69) is 35.0 Å². The molecule has 1 aromatic carbocycles. The SMILES string of the molecule is CCNC(=NCC1(CCO)CCOC1)NCCCNc1ccccc1. The highest BCUT2D eigenvalue weighted by atomic mass is 16.5. The standard InChI is InChI=1S/C19H32N4O2/c1-2-20-18(23-15-19(9-13-24)10-14-25-16-19)22-12-6-11-21-17-7-4-3-5-8-17/h3-5,7-8,21,24H,2,6,9-16H2,1H3,(H2,20,22,23). The van der Waals surface area contributed by atoms with Crippen molar-refractivity contribution >= 4 is 11.6 Å². The molecule has 0 aliphatic carbocycles. The van der Waals surface area contributed by atoms with Crippen molar-refractivity contribution in [3.05, 3.63) is 30.3 Å². The van der Waals surface area contributed by atoms with Gasteiger partial charge in [-0.05, 0) is 38.3 Å². The maximum Gasteiger partial charge on any atom is 0.191 e. The summed E-state index contributed by atoms with van der Waals surface area (Å²) in [6.07, 6.45) is 2.72. The number of aliphatic hydroxyl groups is 1. The van der Waals surface area contributed by atoms with E-state index < -0.39 is 0 Å². The van der Waals surface area contributed by atoms with Crippen LogP contribution in [0.2, 0.25) is 0 Å². The molecule has 0 spiro atoms. The first kappa shape index (κ1) is 19.5. The number of hydrogen-bond acceptors (Lipinski definition) is 4. The van der Waals surface area contributed by atoms with Gasteiger partial charge in [0.2, 0.25) is 0 Å². The predicted octanol–water partition coefficient (Wildman–Crippen LogP) is 1.83. The third-order valence-corrected chi connectivity index (χ3v) is 4.49. The predicted molar refractivity (Wildman–Crippen MR) is 103 cm³/mol. The molecule has 1 aliphatic heterocycles. The number of hydrogen-bond donors (Lipinski definition) is 4. The lowest BCUT2D eigenvalue weighted by Gasteiger charge is -2.24. The highest BCUT2D eigenvalue weighted by Crippen LogP contribution is 2.32. The molecule has 0 aromatic heterocycles. The van der Waals surface area contributed by atoms with E-state index in [0.29, 0.717) is 13.2 Å². The summed E-state index contributed by atoms with van der Waals surface area (Å²) in [5.74, 6) is 0.839. The lowest BCUT2D eigenvalue weighted by molar-refractivity contribution is 0.131. The molecule has 1 heterocycles. The fourth-order valence-corrected chi connectivity index (χ4v) is 2.96. The number of nitrogens with zero attached hydrogens (tertiary/aromatic N) is 1. The molecule has 1 unspecified atom stereocenters. The Bertz CT molecular complexity index is 501. The van der Waals surface area contributed by atoms with E-state index >= 15 is 0 Å². The molecule has 25 heavy (non-hydrogen) atoms. The van der Waals surface area contributed by atoms with E-state index in [1.807, 2.05) is 18.2 Å². The Morgan fingerprint density at radius 3 is 2.76 bits per heavy atom. The van der Waals surface area contributed by atoms with Crippen LogP contribution in [0.5, 0.6) is 0 Å². The highest BCUT2D eigenvalue weighted by molar-refractivity contribution is 5.79. The number of ether oxygens (including phenoxy) is 1. The second kappa shape index (κ2) is 10.9. The van der Waals surface area contributed by atoms with Gasteiger partial charge in [-0.1, -0.05) is 18.2 Å². The summed E-state index contributed by atoms with van der Waals surface area (Å²) < 4.78 is 5.53. The molecule has 2 rings (SSSR count). The lowest BCUT2D eigenvalue weighted by atomic mass is 9.84. The minimum absolute atomic E-state index is 0.00797. The molecule has 0 amide bonds. The van der Waals surface area contributed by atoms with Crippen LogP contribution in [0.25, 0.3) is 0 Å². The molecule has 0 saturated carbocycles. The molecule has 0 radical (unpaired) electrons. The number of anilines is 1. The monoisotopic (exact) mass is 348 g/mol. The van der Waals surface area contributed by atoms with Gasteiger partial charge in [-0.15, -0.1) is 0 Å². The minimum atomic E-state index is -0.00797. The van der Waals surface area contributed by atoms with Crippen molar-refractivity contribution < 1.29 is 9.84 Å². The topological polar surface area (TPSA) is 77.9 Å². The largest absolute Gasteiger partial charge is 0.396 e. The Hall–Kier alpha value is -1.79. The molecule has 0 bridgehead atoms. The van der Waals surface area contributed by atoms with Crippen molar-refractivity contribution in [2.24, 2.45) is 10.4 Å². The van der Waals surface area contributed by atoms with Crippen LogP contribution in [0.15, 0.2) is 35.3 Å². The van der Waals surface area contributed by atoms with Crippen LogP contribution in [0.4, 0.5) is 5.69 Å². The van der Waals surface area contributed by atoms with Crippen molar-refractivity contribution in [3.8, 4) is 0 Å². The third-order valence-electron chi connectivity index (χ3n) is 4.49. The number of aliphatic imine (C=N–C) groups is 1. The maximum absolute atomic E-state index is 9.31. The van der Waals surface area contributed by atoms with E-state index in [1.54, 1.807) is 0 Å². The van der Waals surface area contributed by atoms with E-state index in [-0.39, 0.29) is 12.0 Å². The quantitative estimate of drug-likeness (QED) is 0.295. The molecule has 140 valence electrons. The summed E-state index contributed by atoms with van der Waals surface area (Å²) in [7, 11) is 0. The van der Waals surface area contributed by atoms with Crippen molar-refractivity contribution in [1.29, 1.82) is 0 Å². The van der Waals surface area contributed by atoms with Gasteiger partial charge in [0.25, 0.3) is 0 Å². The molecule has 1 aromatic rings. The Morgan fingerprint density at radius 2 is 2.08 bits per heavy atom. The van der Waals surface area contributed by atoms with Gasteiger partial charge in [0.05, 0.1) is 13.2 Å². The van der Waals surface area contributed by atoms with Crippen molar-refractivity contribution in [2.45, 2.75) is 26.2 Å². The zero-order valence-corrected chi connectivity index (χ0v) is 15.3.